The van der Waals surface area contributed by atoms with Gasteiger partial charge in [-0.1, -0.05) is 12.1 Å². The SMILES string of the molecule is Cc1nc2ccc(NC(=O)c3cccc4cc[nH]c34)cc2[nH]1. The molecule has 108 valence electrons. The molecule has 0 saturated heterocycles. The minimum absolute atomic E-state index is 0.136. The summed E-state index contributed by atoms with van der Waals surface area (Å²) in [7, 11) is 0. The van der Waals surface area contributed by atoms with Gasteiger partial charge in [0.1, 0.15) is 5.82 Å². The highest BCUT2D eigenvalue weighted by Gasteiger charge is 2.11. The van der Waals surface area contributed by atoms with E-state index in [1.165, 1.54) is 0 Å². The molecule has 0 bridgehead atoms. The van der Waals surface area contributed by atoms with Crippen molar-refractivity contribution in [1.29, 1.82) is 0 Å². The predicted octanol–water partition coefficient (Wildman–Crippen LogP) is 3.60. The first-order chi connectivity index (χ1) is 10.7. The third kappa shape index (κ3) is 2.03. The molecule has 0 unspecified atom stereocenters. The van der Waals surface area contributed by atoms with Gasteiger partial charge in [0.2, 0.25) is 0 Å². The number of carbonyl (C=O) groups is 1. The zero-order valence-corrected chi connectivity index (χ0v) is 12.0. The van der Waals surface area contributed by atoms with E-state index in [9.17, 15) is 4.79 Å². The molecule has 0 spiro atoms. The van der Waals surface area contributed by atoms with E-state index in [1.807, 2.05) is 55.6 Å². The van der Waals surface area contributed by atoms with Crippen molar-refractivity contribution in [3.05, 3.63) is 60.0 Å². The summed E-state index contributed by atoms with van der Waals surface area (Å²) in [5.41, 5.74) is 4.02. The number of aromatic amines is 2. The predicted molar refractivity (Wildman–Crippen MR) is 87.1 cm³/mol. The van der Waals surface area contributed by atoms with Crippen molar-refractivity contribution in [1.82, 2.24) is 15.0 Å². The summed E-state index contributed by atoms with van der Waals surface area (Å²) >= 11 is 0. The number of benzene rings is 2. The van der Waals surface area contributed by atoms with E-state index in [0.717, 1.165) is 33.4 Å². The van der Waals surface area contributed by atoms with Crippen molar-refractivity contribution in [2.24, 2.45) is 0 Å². The largest absolute Gasteiger partial charge is 0.361 e. The molecule has 2 aromatic heterocycles. The first-order valence-electron chi connectivity index (χ1n) is 7.04. The highest BCUT2D eigenvalue weighted by atomic mass is 16.1. The minimum atomic E-state index is -0.136. The molecule has 2 aromatic carbocycles. The fraction of sp³-hybridized carbons (Fsp3) is 0.0588. The number of hydrogen-bond acceptors (Lipinski definition) is 2. The molecule has 0 saturated carbocycles. The van der Waals surface area contributed by atoms with Crippen LogP contribution in [0, 0.1) is 6.92 Å². The number of imidazole rings is 1. The number of amides is 1. The Morgan fingerprint density at radius 1 is 1.18 bits per heavy atom. The summed E-state index contributed by atoms with van der Waals surface area (Å²) < 4.78 is 0. The van der Waals surface area contributed by atoms with Gasteiger partial charge in [-0.2, -0.15) is 0 Å². The molecule has 5 nitrogen and oxygen atoms in total. The normalized spacial score (nSPS) is 11.1. The lowest BCUT2D eigenvalue weighted by Crippen LogP contribution is -2.12. The number of para-hydroxylation sites is 1. The molecule has 3 N–H and O–H groups in total. The first-order valence-corrected chi connectivity index (χ1v) is 7.04. The van der Waals surface area contributed by atoms with Crippen LogP contribution in [0.4, 0.5) is 5.69 Å². The van der Waals surface area contributed by atoms with Gasteiger partial charge in [0.05, 0.1) is 22.1 Å². The number of carbonyl (C=O) groups excluding carboxylic acids is 1. The van der Waals surface area contributed by atoms with E-state index in [0.29, 0.717) is 5.56 Å². The number of hydrogen-bond donors (Lipinski definition) is 3. The zero-order valence-electron chi connectivity index (χ0n) is 12.0. The number of aromatic nitrogens is 3. The number of nitrogens with zero attached hydrogens (tertiary/aromatic N) is 1. The van der Waals surface area contributed by atoms with Gasteiger partial charge in [-0.25, -0.2) is 4.98 Å². The van der Waals surface area contributed by atoms with Gasteiger partial charge >= 0.3 is 0 Å². The van der Waals surface area contributed by atoms with E-state index in [-0.39, 0.29) is 5.91 Å². The molecule has 0 atom stereocenters. The molecule has 0 aliphatic carbocycles. The van der Waals surface area contributed by atoms with Gasteiger partial charge in [0, 0.05) is 17.3 Å². The highest BCUT2D eigenvalue weighted by molar-refractivity contribution is 6.12. The summed E-state index contributed by atoms with van der Waals surface area (Å²) in [6.45, 7) is 1.91. The fourth-order valence-electron chi connectivity index (χ4n) is 2.69. The summed E-state index contributed by atoms with van der Waals surface area (Å²) in [5.74, 6) is 0.721. The van der Waals surface area contributed by atoms with Crippen LogP contribution in [0.15, 0.2) is 48.7 Å². The fourth-order valence-corrected chi connectivity index (χ4v) is 2.69. The van der Waals surface area contributed by atoms with E-state index in [4.69, 9.17) is 0 Å². The van der Waals surface area contributed by atoms with E-state index in [2.05, 4.69) is 20.3 Å². The van der Waals surface area contributed by atoms with Gasteiger partial charge in [0.25, 0.3) is 5.91 Å². The standard InChI is InChI=1S/C17H14N4O/c1-10-19-14-6-5-12(9-15(14)20-10)21-17(22)13-4-2-3-11-7-8-18-16(11)13/h2-9,18H,1H3,(H,19,20)(H,21,22). The maximum atomic E-state index is 12.5. The van der Waals surface area contributed by atoms with Gasteiger partial charge in [-0.3, -0.25) is 4.79 Å². The Kier molecular flexibility index (Phi) is 2.72. The van der Waals surface area contributed by atoms with Crippen molar-refractivity contribution in [3.63, 3.8) is 0 Å². The summed E-state index contributed by atoms with van der Waals surface area (Å²) in [6.07, 6.45) is 1.83. The van der Waals surface area contributed by atoms with Crippen LogP contribution >= 0.6 is 0 Å². The lowest BCUT2D eigenvalue weighted by atomic mass is 10.1. The second kappa shape index (κ2) is 4.73. The van der Waals surface area contributed by atoms with Crippen LogP contribution in [-0.4, -0.2) is 20.9 Å². The monoisotopic (exact) mass is 290 g/mol. The lowest BCUT2D eigenvalue weighted by molar-refractivity contribution is 0.102. The Balaban J connectivity index is 1.69. The Morgan fingerprint density at radius 3 is 3.00 bits per heavy atom. The smallest absolute Gasteiger partial charge is 0.257 e. The maximum Gasteiger partial charge on any atom is 0.257 e. The third-order valence-electron chi connectivity index (χ3n) is 3.69. The van der Waals surface area contributed by atoms with Crippen molar-refractivity contribution in [2.75, 3.05) is 5.32 Å². The molecule has 2 heterocycles. The average molecular weight is 290 g/mol. The van der Waals surface area contributed by atoms with Crippen LogP contribution < -0.4 is 5.32 Å². The molecule has 22 heavy (non-hydrogen) atoms. The summed E-state index contributed by atoms with van der Waals surface area (Å²) in [6, 6.07) is 13.3. The second-order valence-electron chi connectivity index (χ2n) is 5.26. The van der Waals surface area contributed by atoms with Crippen LogP contribution in [0.2, 0.25) is 0 Å². The van der Waals surface area contributed by atoms with Crippen LogP contribution in [0.1, 0.15) is 16.2 Å². The van der Waals surface area contributed by atoms with Gasteiger partial charge in [-0.15, -0.1) is 0 Å². The first kappa shape index (κ1) is 12.6. The minimum Gasteiger partial charge on any atom is -0.361 e. The maximum absolute atomic E-state index is 12.5. The summed E-state index contributed by atoms with van der Waals surface area (Å²) in [4.78, 5) is 23.1. The van der Waals surface area contributed by atoms with Gasteiger partial charge in [0.15, 0.2) is 0 Å². The lowest BCUT2D eigenvalue weighted by Gasteiger charge is -2.06. The molecular formula is C17H14N4O. The number of anilines is 1. The van der Waals surface area contributed by atoms with Crippen molar-refractivity contribution >= 4 is 33.5 Å². The Bertz CT molecular complexity index is 996. The van der Waals surface area contributed by atoms with Crippen molar-refractivity contribution in [2.45, 2.75) is 6.92 Å². The van der Waals surface area contributed by atoms with Crippen LogP contribution in [-0.2, 0) is 0 Å². The quantitative estimate of drug-likeness (QED) is 0.527. The molecule has 0 aliphatic rings. The number of fused-ring (bicyclic) bond motifs is 2. The van der Waals surface area contributed by atoms with E-state index >= 15 is 0 Å². The Morgan fingerprint density at radius 2 is 2.09 bits per heavy atom. The molecule has 0 fully saturated rings. The zero-order chi connectivity index (χ0) is 15.1. The van der Waals surface area contributed by atoms with Crippen molar-refractivity contribution in [3.8, 4) is 0 Å². The topological polar surface area (TPSA) is 73.6 Å². The Labute approximate surface area is 126 Å². The second-order valence-corrected chi connectivity index (χ2v) is 5.26. The number of nitrogens with one attached hydrogen (secondary N) is 3. The molecule has 4 rings (SSSR count). The number of H-pyrrole nitrogens is 2. The van der Waals surface area contributed by atoms with Crippen molar-refractivity contribution < 1.29 is 4.79 Å². The molecule has 4 aromatic rings. The van der Waals surface area contributed by atoms with Crippen LogP contribution in [0.3, 0.4) is 0 Å². The van der Waals surface area contributed by atoms with E-state index in [1.54, 1.807) is 0 Å². The summed E-state index contributed by atoms with van der Waals surface area (Å²) in [5, 5.41) is 3.96. The number of aryl methyl sites for hydroxylation is 1. The third-order valence-corrected chi connectivity index (χ3v) is 3.69. The Hall–Kier alpha value is -3.08. The molecule has 5 heteroatoms. The highest BCUT2D eigenvalue weighted by Crippen LogP contribution is 2.20. The van der Waals surface area contributed by atoms with Crippen LogP contribution in [0.25, 0.3) is 21.9 Å². The average Bonchev–Trinajstić information content (AvgIpc) is 3.11. The molecule has 0 radical (unpaired) electrons. The molecule has 1 amide bonds. The van der Waals surface area contributed by atoms with E-state index < -0.39 is 0 Å². The van der Waals surface area contributed by atoms with Gasteiger partial charge in [-0.05, 0) is 37.3 Å². The number of rotatable bonds is 2. The molecular weight excluding hydrogens is 276 g/mol. The van der Waals surface area contributed by atoms with Gasteiger partial charge < -0.3 is 15.3 Å². The van der Waals surface area contributed by atoms with Crippen LogP contribution in [0.5, 0.6) is 0 Å². The molecule has 0 aliphatic heterocycles.